The highest BCUT2D eigenvalue weighted by Gasteiger charge is 2.21. The number of likely N-dealkylation sites (tertiary alicyclic amines) is 1. The molecule has 1 aliphatic heterocycles. The summed E-state index contributed by atoms with van der Waals surface area (Å²) in [6, 6.07) is 2.70. The molecule has 0 saturated carbocycles. The molecule has 1 N–H and O–H groups in total. The Morgan fingerprint density at radius 1 is 1.53 bits per heavy atom. The summed E-state index contributed by atoms with van der Waals surface area (Å²) in [5.74, 6) is 0.311. The molecule has 0 unspecified atom stereocenters. The van der Waals surface area contributed by atoms with Crippen molar-refractivity contribution < 1.29 is 4.79 Å². The quantitative estimate of drug-likeness (QED) is 0.887. The van der Waals surface area contributed by atoms with Gasteiger partial charge in [-0.05, 0) is 48.7 Å². The van der Waals surface area contributed by atoms with Crippen LogP contribution in [0.1, 0.15) is 24.8 Å². The van der Waals surface area contributed by atoms with Crippen molar-refractivity contribution in [2.45, 2.75) is 31.7 Å². The number of aryl methyl sites for hydroxylation is 1. The van der Waals surface area contributed by atoms with Gasteiger partial charge < -0.3 is 10.2 Å². The van der Waals surface area contributed by atoms with Gasteiger partial charge in [-0.3, -0.25) is 4.79 Å². The minimum absolute atomic E-state index is 0.311. The van der Waals surface area contributed by atoms with E-state index in [1.54, 1.807) is 11.3 Å². The van der Waals surface area contributed by atoms with Crippen molar-refractivity contribution >= 4 is 17.2 Å². The zero-order chi connectivity index (χ0) is 12.1. The predicted octanol–water partition coefficient (Wildman–Crippen LogP) is 1.89. The van der Waals surface area contributed by atoms with Gasteiger partial charge in [-0.15, -0.1) is 0 Å². The third-order valence-corrected chi connectivity index (χ3v) is 4.20. The monoisotopic (exact) mass is 252 g/mol. The highest BCUT2D eigenvalue weighted by atomic mass is 32.1. The number of piperidine rings is 1. The maximum Gasteiger partial charge on any atom is 0.222 e. The second-order valence-corrected chi connectivity index (χ2v) is 5.36. The summed E-state index contributed by atoms with van der Waals surface area (Å²) in [7, 11) is 2.00. The molecule has 0 atom stereocenters. The highest BCUT2D eigenvalue weighted by molar-refractivity contribution is 7.07. The largest absolute Gasteiger partial charge is 0.343 e. The van der Waals surface area contributed by atoms with Crippen molar-refractivity contribution in [2.75, 3.05) is 20.1 Å². The lowest BCUT2D eigenvalue weighted by molar-refractivity contribution is -0.132. The minimum atomic E-state index is 0.311. The van der Waals surface area contributed by atoms with Crippen LogP contribution < -0.4 is 5.32 Å². The van der Waals surface area contributed by atoms with Crippen molar-refractivity contribution in [1.29, 1.82) is 0 Å². The molecule has 1 fully saturated rings. The second kappa shape index (κ2) is 6.17. The van der Waals surface area contributed by atoms with Gasteiger partial charge >= 0.3 is 0 Å². The van der Waals surface area contributed by atoms with Crippen LogP contribution in [0.25, 0.3) is 0 Å². The summed E-state index contributed by atoms with van der Waals surface area (Å²) >= 11 is 1.70. The van der Waals surface area contributed by atoms with Crippen LogP contribution in [0.3, 0.4) is 0 Å². The predicted molar refractivity (Wildman–Crippen MR) is 71.3 cm³/mol. The van der Waals surface area contributed by atoms with Gasteiger partial charge in [0.2, 0.25) is 5.91 Å². The molecule has 1 amide bonds. The topological polar surface area (TPSA) is 32.3 Å². The van der Waals surface area contributed by atoms with Crippen molar-refractivity contribution in [3.8, 4) is 0 Å². The van der Waals surface area contributed by atoms with Crippen LogP contribution in [0.5, 0.6) is 0 Å². The summed E-state index contributed by atoms with van der Waals surface area (Å²) in [4.78, 5) is 14.0. The number of nitrogens with zero attached hydrogens (tertiary/aromatic N) is 1. The number of thiophene rings is 1. The van der Waals surface area contributed by atoms with E-state index < -0.39 is 0 Å². The maximum absolute atomic E-state index is 12.0. The number of carbonyl (C=O) groups is 1. The van der Waals surface area contributed by atoms with E-state index in [0.29, 0.717) is 18.4 Å². The second-order valence-electron chi connectivity index (χ2n) is 4.58. The van der Waals surface area contributed by atoms with E-state index in [2.05, 4.69) is 22.1 Å². The van der Waals surface area contributed by atoms with Crippen molar-refractivity contribution in [3.05, 3.63) is 22.4 Å². The molecule has 0 aromatic carbocycles. The van der Waals surface area contributed by atoms with Gasteiger partial charge in [-0.2, -0.15) is 11.3 Å². The average Bonchev–Trinajstić information content (AvgIpc) is 2.89. The van der Waals surface area contributed by atoms with Crippen LogP contribution in [0, 0.1) is 0 Å². The average molecular weight is 252 g/mol. The van der Waals surface area contributed by atoms with Crippen LogP contribution >= 0.6 is 11.3 Å². The molecule has 17 heavy (non-hydrogen) atoms. The first-order chi connectivity index (χ1) is 8.29. The first-order valence-electron chi connectivity index (χ1n) is 6.25. The first kappa shape index (κ1) is 12.6. The Kier molecular flexibility index (Phi) is 4.57. The van der Waals surface area contributed by atoms with Gasteiger partial charge in [0, 0.05) is 25.6 Å². The van der Waals surface area contributed by atoms with E-state index >= 15 is 0 Å². The molecule has 1 aliphatic rings. The van der Waals surface area contributed by atoms with E-state index in [9.17, 15) is 4.79 Å². The molecule has 0 bridgehead atoms. The highest BCUT2D eigenvalue weighted by Crippen LogP contribution is 2.13. The summed E-state index contributed by atoms with van der Waals surface area (Å²) in [6.45, 7) is 1.82. The zero-order valence-electron chi connectivity index (χ0n) is 10.3. The van der Waals surface area contributed by atoms with Gasteiger partial charge in [0.15, 0.2) is 0 Å². The SMILES string of the molecule is CNC1CCN(C(=O)CCc2ccsc2)CC1. The van der Waals surface area contributed by atoms with Gasteiger partial charge in [0.1, 0.15) is 0 Å². The number of hydrogen-bond donors (Lipinski definition) is 1. The van der Waals surface area contributed by atoms with E-state index in [0.717, 1.165) is 32.4 Å². The fraction of sp³-hybridized carbons (Fsp3) is 0.615. The number of amides is 1. The molecule has 3 nitrogen and oxygen atoms in total. The zero-order valence-corrected chi connectivity index (χ0v) is 11.1. The van der Waals surface area contributed by atoms with Crippen molar-refractivity contribution in [3.63, 3.8) is 0 Å². The Bertz CT molecular complexity index is 342. The molecule has 2 rings (SSSR count). The number of carbonyl (C=O) groups excluding carboxylic acids is 1. The van der Waals surface area contributed by atoms with Gasteiger partial charge in [-0.1, -0.05) is 0 Å². The summed E-state index contributed by atoms with van der Waals surface area (Å²) in [6.07, 6.45) is 3.70. The first-order valence-corrected chi connectivity index (χ1v) is 7.20. The summed E-state index contributed by atoms with van der Waals surface area (Å²) in [5, 5.41) is 7.47. The van der Waals surface area contributed by atoms with Crippen LogP contribution in [-0.4, -0.2) is 37.0 Å². The molecular formula is C13H20N2OS. The van der Waals surface area contributed by atoms with Crippen LogP contribution in [0.4, 0.5) is 0 Å². The van der Waals surface area contributed by atoms with Gasteiger partial charge in [-0.25, -0.2) is 0 Å². The van der Waals surface area contributed by atoms with Crippen molar-refractivity contribution in [2.24, 2.45) is 0 Å². The lowest BCUT2D eigenvalue weighted by Crippen LogP contribution is -2.44. The van der Waals surface area contributed by atoms with Crippen LogP contribution in [-0.2, 0) is 11.2 Å². The molecule has 94 valence electrons. The minimum Gasteiger partial charge on any atom is -0.343 e. The van der Waals surface area contributed by atoms with Crippen LogP contribution in [0.2, 0.25) is 0 Å². The number of hydrogen-bond acceptors (Lipinski definition) is 3. The third kappa shape index (κ3) is 3.54. The van der Waals surface area contributed by atoms with Crippen LogP contribution in [0.15, 0.2) is 16.8 Å². The fourth-order valence-corrected chi connectivity index (χ4v) is 2.96. The molecule has 1 aromatic rings. The third-order valence-electron chi connectivity index (χ3n) is 3.46. The summed E-state index contributed by atoms with van der Waals surface area (Å²) in [5.41, 5.74) is 1.29. The molecule has 0 spiro atoms. The molecule has 2 heterocycles. The Morgan fingerprint density at radius 2 is 2.29 bits per heavy atom. The smallest absolute Gasteiger partial charge is 0.222 e. The standard InChI is InChI=1S/C13H20N2OS/c1-14-12-4-7-15(8-5-12)13(16)3-2-11-6-9-17-10-11/h6,9-10,12,14H,2-5,7-8H2,1H3. The Labute approximate surface area is 107 Å². The normalized spacial score (nSPS) is 17.4. The molecule has 0 aliphatic carbocycles. The van der Waals surface area contributed by atoms with E-state index in [-0.39, 0.29) is 0 Å². The fourth-order valence-electron chi connectivity index (χ4n) is 2.26. The van der Waals surface area contributed by atoms with E-state index in [1.807, 2.05) is 11.9 Å². The molecule has 1 saturated heterocycles. The molecule has 4 heteroatoms. The Hall–Kier alpha value is -0.870. The number of rotatable bonds is 4. The van der Waals surface area contributed by atoms with Gasteiger partial charge in [0.05, 0.1) is 0 Å². The molecule has 0 radical (unpaired) electrons. The van der Waals surface area contributed by atoms with Gasteiger partial charge in [0.25, 0.3) is 0 Å². The summed E-state index contributed by atoms with van der Waals surface area (Å²) < 4.78 is 0. The van der Waals surface area contributed by atoms with E-state index in [4.69, 9.17) is 0 Å². The lowest BCUT2D eigenvalue weighted by Gasteiger charge is -2.31. The Morgan fingerprint density at radius 3 is 2.88 bits per heavy atom. The van der Waals surface area contributed by atoms with E-state index in [1.165, 1.54) is 5.56 Å². The lowest BCUT2D eigenvalue weighted by atomic mass is 10.0. The number of nitrogens with one attached hydrogen (secondary N) is 1. The van der Waals surface area contributed by atoms with Crippen molar-refractivity contribution in [1.82, 2.24) is 10.2 Å². The molecular weight excluding hydrogens is 232 g/mol. The Balaban J connectivity index is 1.73. The molecule has 1 aromatic heterocycles. The maximum atomic E-state index is 12.0.